The predicted octanol–water partition coefficient (Wildman–Crippen LogP) is 3.55. The van der Waals surface area contributed by atoms with E-state index in [-0.39, 0.29) is 0 Å². The van der Waals surface area contributed by atoms with Crippen molar-refractivity contribution in [2.75, 3.05) is 0 Å². The lowest BCUT2D eigenvalue weighted by molar-refractivity contribution is 0.203. The highest BCUT2D eigenvalue weighted by molar-refractivity contribution is 5.68. The number of hydrogen-bond acceptors (Lipinski definition) is 3. The lowest BCUT2D eigenvalue weighted by Gasteiger charge is -2.34. The van der Waals surface area contributed by atoms with Gasteiger partial charge in [-0.3, -0.25) is 9.30 Å². The van der Waals surface area contributed by atoms with Crippen molar-refractivity contribution in [1.82, 2.24) is 19.5 Å². The zero-order valence-electron chi connectivity index (χ0n) is 13.5. The van der Waals surface area contributed by atoms with E-state index in [0.29, 0.717) is 12.1 Å². The molecule has 120 valence electrons. The standard InChI is InChI=1S/C20H20N4/c1-2-4-15(5-3-1)12-24-18-7-8-19(24)11-17(10-18)16-6-9-20-22-21-14-23(20)13-16/h1-6,9-10,13-14,18-19H,7-8,11-12H2. The summed E-state index contributed by atoms with van der Waals surface area (Å²) >= 11 is 0. The van der Waals surface area contributed by atoms with Gasteiger partial charge in [0.05, 0.1) is 0 Å². The zero-order chi connectivity index (χ0) is 15.9. The smallest absolute Gasteiger partial charge is 0.160 e. The van der Waals surface area contributed by atoms with Crippen LogP contribution in [-0.4, -0.2) is 31.6 Å². The molecule has 2 bridgehead atoms. The van der Waals surface area contributed by atoms with Crippen LogP contribution < -0.4 is 0 Å². The molecule has 2 aliphatic rings. The Bertz CT molecular complexity index is 896. The molecule has 2 aromatic heterocycles. The minimum Gasteiger partial charge on any atom is -0.289 e. The van der Waals surface area contributed by atoms with Crippen molar-refractivity contribution in [3.05, 3.63) is 72.2 Å². The minimum atomic E-state index is 0.565. The second kappa shape index (κ2) is 5.56. The Morgan fingerprint density at radius 3 is 2.83 bits per heavy atom. The van der Waals surface area contributed by atoms with Crippen LogP contribution in [0.25, 0.3) is 11.2 Å². The molecular weight excluding hydrogens is 296 g/mol. The van der Waals surface area contributed by atoms with Gasteiger partial charge >= 0.3 is 0 Å². The average molecular weight is 316 g/mol. The first-order valence-electron chi connectivity index (χ1n) is 8.67. The van der Waals surface area contributed by atoms with Crippen molar-refractivity contribution < 1.29 is 0 Å². The molecular formula is C20H20N4. The van der Waals surface area contributed by atoms with Crippen LogP contribution in [0.15, 0.2) is 61.1 Å². The summed E-state index contributed by atoms with van der Waals surface area (Å²) in [7, 11) is 0. The van der Waals surface area contributed by atoms with Gasteiger partial charge in [-0.15, -0.1) is 10.2 Å². The van der Waals surface area contributed by atoms with Crippen LogP contribution >= 0.6 is 0 Å². The Hall–Kier alpha value is -2.46. The number of rotatable bonds is 3. The first-order chi connectivity index (χ1) is 11.9. The van der Waals surface area contributed by atoms with Gasteiger partial charge in [0.25, 0.3) is 0 Å². The van der Waals surface area contributed by atoms with Crippen molar-refractivity contribution in [3.63, 3.8) is 0 Å². The topological polar surface area (TPSA) is 33.4 Å². The van der Waals surface area contributed by atoms with Crippen LogP contribution in [0.5, 0.6) is 0 Å². The number of fused-ring (bicyclic) bond motifs is 3. The third-order valence-corrected chi connectivity index (χ3v) is 5.41. The van der Waals surface area contributed by atoms with E-state index in [9.17, 15) is 0 Å². The third-order valence-electron chi connectivity index (χ3n) is 5.41. The molecule has 2 aliphatic heterocycles. The second-order valence-corrected chi connectivity index (χ2v) is 6.87. The number of pyridine rings is 1. The number of benzene rings is 1. The lowest BCUT2D eigenvalue weighted by Crippen LogP contribution is -2.37. The molecule has 4 heteroatoms. The maximum Gasteiger partial charge on any atom is 0.160 e. The first kappa shape index (κ1) is 13.9. The maximum atomic E-state index is 4.09. The number of aromatic nitrogens is 3. The highest BCUT2D eigenvalue weighted by Gasteiger charge is 2.36. The summed E-state index contributed by atoms with van der Waals surface area (Å²) < 4.78 is 2.01. The molecule has 0 saturated carbocycles. The average Bonchev–Trinajstić information content (AvgIpc) is 3.16. The second-order valence-electron chi connectivity index (χ2n) is 6.87. The summed E-state index contributed by atoms with van der Waals surface area (Å²) in [6, 6.07) is 16.3. The van der Waals surface area contributed by atoms with E-state index in [0.717, 1.165) is 18.6 Å². The molecule has 3 aromatic rings. The molecule has 1 aromatic carbocycles. The summed E-state index contributed by atoms with van der Waals surface area (Å²) in [5.41, 5.74) is 5.10. The van der Waals surface area contributed by atoms with Crippen molar-refractivity contribution >= 4 is 11.2 Å². The van der Waals surface area contributed by atoms with Crippen molar-refractivity contribution in [2.45, 2.75) is 37.9 Å². The molecule has 5 rings (SSSR count). The van der Waals surface area contributed by atoms with Crippen LogP contribution in [-0.2, 0) is 6.54 Å². The van der Waals surface area contributed by atoms with E-state index < -0.39 is 0 Å². The van der Waals surface area contributed by atoms with Crippen LogP contribution in [0.4, 0.5) is 0 Å². The van der Waals surface area contributed by atoms with E-state index in [1.54, 1.807) is 6.33 Å². The molecule has 0 radical (unpaired) electrons. The Balaban J connectivity index is 1.43. The van der Waals surface area contributed by atoms with E-state index in [4.69, 9.17) is 0 Å². The fourth-order valence-corrected chi connectivity index (χ4v) is 4.19. The SMILES string of the molecule is C1=C(c2ccc3nncn3c2)CC2CCC1N2Cc1ccccc1. The summed E-state index contributed by atoms with van der Waals surface area (Å²) in [6.07, 6.45) is 10.1. The largest absolute Gasteiger partial charge is 0.289 e. The van der Waals surface area contributed by atoms with Gasteiger partial charge in [0.15, 0.2) is 5.65 Å². The van der Waals surface area contributed by atoms with E-state index in [1.807, 2.05) is 4.40 Å². The maximum absolute atomic E-state index is 4.09. The molecule has 1 fully saturated rings. The molecule has 2 atom stereocenters. The normalized spacial score (nSPS) is 23.6. The van der Waals surface area contributed by atoms with Crippen molar-refractivity contribution in [3.8, 4) is 0 Å². The fourth-order valence-electron chi connectivity index (χ4n) is 4.19. The molecule has 4 nitrogen and oxygen atoms in total. The molecule has 0 amide bonds. The predicted molar refractivity (Wildman–Crippen MR) is 94.4 cm³/mol. The first-order valence-corrected chi connectivity index (χ1v) is 8.67. The van der Waals surface area contributed by atoms with E-state index in [1.165, 1.54) is 29.5 Å². The molecule has 0 aliphatic carbocycles. The van der Waals surface area contributed by atoms with Gasteiger partial charge in [0.2, 0.25) is 0 Å². The fraction of sp³-hybridized carbons (Fsp3) is 0.300. The van der Waals surface area contributed by atoms with Gasteiger partial charge in [0, 0.05) is 24.8 Å². The number of hydrogen-bond donors (Lipinski definition) is 0. The van der Waals surface area contributed by atoms with Gasteiger partial charge in [0.1, 0.15) is 6.33 Å². The monoisotopic (exact) mass is 316 g/mol. The quantitative estimate of drug-likeness (QED) is 0.741. The molecule has 2 unspecified atom stereocenters. The highest BCUT2D eigenvalue weighted by atomic mass is 15.2. The van der Waals surface area contributed by atoms with Gasteiger partial charge < -0.3 is 0 Å². The Morgan fingerprint density at radius 1 is 1.04 bits per heavy atom. The van der Waals surface area contributed by atoms with Crippen LogP contribution in [0.3, 0.4) is 0 Å². The van der Waals surface area contributed by atoms with Crippen molar-refractivity contribution in [2.24, 2.45) is 0 Å². The Labute approximate surface area is 141 Å². The third kappa shape index (κ3) is 2.34. The van der Waals surface area contributed by atoms with Crippen LogP contribution in [0.1, 0.15) is 30.4 Å². The van der Waals surface area contributed by atoms with Gasteiger partial charge in [-0.05, 0) is 48.1 Å². The van der Waals surface area contributed by atoms with Crippen LogP contribution in [0, 0.1) is 0 Å². The van der Waals surface area contributed by atoms with Gasteiger partial charge in [-0.25, -0.2) is 0 Å². The van der Waals surface area contributed by atoms with Gasteiger partial charge in [-0.1, -0.05) is 36.4 Å². The number of nitrogens with zero attached hydrogens (tertiary/aromatic N) is 4. The lowest BCUT2D eigenvalue weighted by atomic mass is 9.95. The molecule has 24 heavy (non-hydrogen) atoms. The summed E-state index contributed by atoms with van der Waals surface area (Å²) in [6.45, 7) is 1.06. The minimum absolute atomic E-state index is 0.565. The molecule has 0 spiro atoms. The van der Waals surface area contributed by atoms with Crippen molar-refractivity contribution in [1.29, 1.82) is 0 Å². The molecule has 0 N–H and O–H groups in total. The zero-order valence-corrected chi connectivity index (χ0v) is 13.5. The summed E-state index contributed by atoms with van der Waals surface area (Å²) in [5.74, 6) is 0. The van der Waals surface area contributed by atoms with E-state index in [2.05, 4.69) is 69.8 Å². The molecule has 4 heterocycles. The highest BCUT2D eigenvalue weighted by Crippen LogP contribution is 2.39. The Morgan fingerprint density at radius 2 is 1.96 bits per heavy atom. The molecule has 1 saturated heterocycles. The van der Waals surface area contributed by atoms with E-state index >= 15 is 0 Å². The van der Waals surface area contributed by atoms with Gasteiger partial charge in [-0.2, -0.15) is 0 Å². The summed E-state index contributed by atoms with van der Waals surface area (Å²) in [5, 5.41) is 8.07. The Kier molecular flexibility index (Phi) is 3.23. The summed E-state index contributed by atoms with van der Waals surface area (Å²) in [4.78, 5) is 2.68. The van der Waals surface area contributed by atoms with Crippen LogP contribution in [0.2, 0.25) is 0 Å².